The van der Waals surface area contributed by atoms with E-state index >= 15 is 0 Å². The van der Waals surface area contributed by atoms with Gasteiger partial charge in [0.05, 0.1) is 12.7 Å². The maximum atomic E-state index is 9.87. The summed E-state index contributed by atoms with van der Waals surface area (Å²) in [4.78, 5) is 3.86. The van der Waals surface area contributed by atoms with Crippen molar-refractivity contribution in [3.8, 4) is 0 Å². The van der Waals surface area contributed by atoms with Crippen LogP contribution >= 0.6 is 7.81 Å². The SMILES string of the molecule is CCCCCCC[NH+]1C=CN(C)C1.F[P-](F)(F)(F)(F)F. The van der Waals surface area contributed by atoms with E-state index < -0.39 is 7.81 Å². The van der Waals surface area contributed by atoms with E-state index in [0.717, 1.165) is 6.67 Å². The summed E-state index contributed by atoms with van der Waals surface area (Å²) in [7, 11) is -8.52. The first kappa shape index (κ1) is 19.5. The number of rotatable bonds is 6. The van der Waals surface area contributed by atoms with E-state index in [1.165, 1.54) is 38.6 Å². The molecular formula is C11H23F6N2P. The van der Waals surface area contributed by atoms with Gasteiger partial charge in [0, 0.05) is 7.05 Å². The van der Waals surface area contributed by atoms with Crippen molar-refractivity contribution in [2.75, 3.05) is 20.3 Å². The summed E-state index contributed by atoms with van der Waals surface area (Å²) in [6, 6.07) is 0. The van der Waals surface area contributed by atoms with E-state index in [1.807, 2.05) is 0 Å². The first-order chi connectivity index (χ1) is 8.78. The zero-order chi connectivity index (χ0) is 15.9. The van der Waals surface area contributed by atoms with Crippen LogP contribution in [-0.4, -0.2) is 25.2 Å². The fraction of sp³-hybridized carbons (Fsp3) is 0.818. The van der Waals surface area contributed by atoms with Crippen LogP contribution in [0.4, 0.5) is 25.2 Å². The van der Waals surface area contributed by atoms with Gasteiger partial charge in [0.1, 0.15) is 6.20 Å². The van der Waals surface area contributed by atoms with E-state index in [2.05, 4.69) is 31.3 Å². The minimum absolute atomic E-state index is 1.16. The number of quaternary nitrogens is 1. The van der Waals surface area contributed by atoms with Crippen LogP contribution in [0.2, 0.25) is 0 Å². The zero-order valence-corrected chi connectivity index (χ0v) is 12.7. The van der Waals surface area contributed by atoms with Crippen LogP contribution in [0.1, 0.15) is 39.0 Å². The second-order valence-corrected chi connectivity index (χ2v) is 6.93. The molecule has 0 aromatic heterocycles. The third-order valence-corrected chi connectivity index (χ3v) is 2.62. The molecule has 1 rings (SSSR count). The van der Waals surface area contributed by atoms with E-state index in [9.17, 15) is 25.2 Å². The Morgan fingerprint density at radius 3 is 1.90 bits per heavy atom. The number of halogens is 6. The van der Waals surface area contributed by atoms with Crippen molar-refractivity contribution in [2.24, 2.45) is 0 Å². The molecule has 0 aromatic carbocycles. The average Bonchev–Trinajstić information content (AvgIpc) is 2.59. The van der Waals surface area contributed by atoms with Crippen molar-refractivity contribution in [3.63, 3.8) is 0 Å². The minimum atomic E-state index is -10.7. The second-order valence-electron chi connectivity index (χ2n) is 5.01. The first-order valence-corrected chi connectivity index (χ1v) is 8.60. The van der Waals surface area contributed by atoms with Crippen LogP contribution in [0.25, 0.3) is 0 Å². The summed E-state index contributed by atoms with van der Waals surface area (Å²) in [6.45, 7) is 4.74. The summed E-state index contributed by atoms with van der Waals surface area (Å²) in [6.07, 6.45) is 11.4. The van der Waals surface area contributed by atoms with Crippen LogP contribution in [-0.2, 0) is 0 Å². The molecule has 20 heavy (non-hydrogen) atoms. The van der Waals surface area contributed by atoms with Crippen LogP contribution in [0.3, 0.4) is 0 Å². The number of hydrogen-bond donors (Lipinski definition) is 1. The Hall–Kier alpha value is -0.490. The van der Waals surface area contributed by atoms with Crippen molar-refractivity contribution in [1.29, 1.82) is 0 Å². The standard InChI is InChI=1S/C11H22N2.F6P/c1-3-4-5-6-7-8-13-10-9-12(2)11-13;1-7(2,3,4,5)6/h9-10H,3-8,11H2,1-2H3;/q;-1/p+1. The van der Waals surface area contributed by atoms with Crippen LogP contribution < -0.4 is 4.90 Å². The molecular weight excluding hydrogens is 305 g/mol. The van der Waals surface area contributed by atoms with E-state index in [-0.39, 0.29) is 0 Å². The molecule has 0 fully saturated rings. The van der Waals surface area contributed by atoms with E-state index in [4.69, 9.17) is 0 Å². The predicted molar refractivity (Wildman–Crippen MR) is 69.9 cm³/mol. The van der Waals surface area contributed by atoms with Crippen LogP contribution in [0.15, 0.2) is 12.4 Å². The molecule has 1 heterocycles. The molecule has 1 unspecified atom stereocenters. The molecule has 0 spiro atoms. The molecule has 1 aliphatic rings. The van der Waals surface area contributed by atoms with Crippen molar-refractivity contribution in [2.45, 2.75) is 39.0 Å². The Morgan fingerprint density at radius 1 is 1.00 bits per heavy atom. The molecule has 0 amide bonds. The summed E-state index contributed by atoms with van der Waals surface area (Å²) in [5.74, 6) is 0. The van der Waals surface area contributed by atoms with Crippen molar-refractivity contribution < 1.29 is 30.1 Å². The fourth-order valence-corrected chi connectivity index (χ4v) is 1.78. The molecule has 0 radical (unpaired) electrons. The Labute approximate surface area is 115 Å². The van der Waals surface area contributed by atoms with Gasteiger partial charge in [0.2, 0.25) is 0 Å². The van der Waals surface area contributed by atoms with Gasteiger partial charge in [-0.3, -0.25) is 4.90 Å². The Morgan fingerprint density at radius 2 is 1.50 bits per heavy atom. The maximum absolute atomic E-state index is 10.7. The van der Waals surface area contributed by atoms with Gasteiger partial charge >= 0.3 is 33.0 Å². The van der Waals surface area contributed by atoms with Gasteiger partial charge in [-0.1, -0.05) is 26.2 Å². The van der Waals surface area contributed by atoms with Gasteiger partial charge in [0.25, 0.3) is 0 Å². The number of unbranched alkanes of at least 4 members (excludes halogenated alkanes) is 4. The Balaban J connectivity index is 0.000000441. The van der Waals surface area contributed by atoms with Gasteiger partial charge in [-0.15, -0.1) is 0 Å². The summed E-state index contributed by atoms with van der Waals surface area (Å²) >= 11 is 0. The number of nitrogens with zero attached hydrogens (tertiary/aromatic N) is 1. The van der Waals surface area contributed by atoms with Gasteiger partial charge < -0.3 is 4.90 Å². The molecule has 0 aromatic rings. The molecule has 0 bridgehead atoms. The topological polar surface area (TPSA) is 7.68 Å². The third-order valence-electron chi connectivity index (χ3n) is 2.62. The molecule has 1 aliphatic heterocycles. The molecule has 2 nitrogen and oxygen atoms in total. The molecule has 0 saturated carbocycles. The zero-order valence-electron chi connectivity index (χ0n) is 11.8. The van der Waals surface area contributed by atoms with E-state index in [0.29, 0.717) is 0 Å². The number of nitrogens with one attached hydrogen (secondary N) is 1. The summed E-state index contributed by atoms with van der Waals surface area (Å²) < 4.78 is 59.2. The molecule has 1 N–H and O–H groups in total. The third kappa shape index (κ3) is 19.8. The Bertz CT molecular complexity index is 301. The van der Waals surface area contributed by atoms with Gasteiger partial charge in [-0.2, -0.15) is 0 Å². The quantitative estimate of drug-likeness (QED) is 0.425. The summed E-state index contributed by atoms with van der Waals surface area (Å²) in [5, 5.41) is 0. The monoisotopic (exact) mass is 328 g/mol. The van der Waals surface area contributed by atoms with E-state index in [1.54, 1.807) is 4.90 Å². The molecule has 124 valence electrons. The van der Waals surface area contributed by atoms with Gasteiger partial charge in [0.15, 0.2) is 6.67 Å². The molecule has 0 saturated heterocycles. The second kappa shape index (κ2) is 6.52. The Kier molecular flexibility index (Phi) is 6.36. The predicted octanol–water partition coefficient (Wildman–Crippen LogP) is 4.60. The van der Waals surface area contributed by atoms with Crippen LogP contribution in [0.5, 0.6) is 0 Å². The normalized spacial score (nSPS) is 22.0. The fourth-order valence-electron chi connectivity index (χ4n) is 1.78. The molecule has 0 aliphatic carbocycles. The van der Waals surface area contributed by atoms with Crippen molar-refractivity contribution >= 4 is 7.81 Å². The summed E-state index contributed by atoms with van der Waals surface area (Å²) in [5.41, 5.74) is 0. The van der Waals surface area contributed by atoms with Gasteiger partial charge in [-0.05, 0) is 12.8 Å². The molecule has 9 heteroatoms. The molecule has 1 atom stereocenters. The van der Waals surface area contributed by atoms with Gasteiger partial charge in [-0.25, -0.2) is 0 Å². The van der Waals surface area contributed by atoms with Crippen LogP contribution in [0, 0.1) is 0 Å². The average molecular weight is 328 g/mol. The first-order valence-electron chi connectivity index (χ1n) is 6.57. The van der Waals surface area contributed by atoms with Crippen molar-refractivity contribution in [3.05, 3.63) is 12.4 Å². The van der Waals surface area contributed by atoms with Crippen molar-refractivity contribution in [1.82, 2.24) is 4.90 Å². The number of hydrogen-bond acceptors (Lipinski definition) is 1.